The summed E-state index contributed by atoms with van der Waals surface area (Å²) in [5, 5.41) is 0. The molecule has 0 saturated carbocycles. The van der Waals surface area contributed by atoms with Crippen LogP contribution in [0, 0.1) is 0 Å². The van der Waals surface area contributed by atoms with Crippen molar-refractivity contribution in [3.8, 4) is 0 Å². The minimum absolute atomic E-state index is 0.0690. The first kappa shape index (κ1) is 13.2. The van der Waals surface area contributed by atoms with Crippen LogP contribution in [0.2, 0.25) is 0 Å². The summed E-state index contributed by atoms with van der Waals surface area (Å²) in [6, 6.07) is 0.200. The quantitative estimate of drug-likeness (QED) is 0.675. The molecule has 0 aliphatic heterocycles. The van der Waals surface area contributed by atoms with Crippen LogP contribution in [0.25, 0.3) is 0 Å². The number of likely N-dealkylation sites (N-methyl/N-ethyl adjacent to an activating group) is 1. The number of carbonyl (C=O) groups excluding carboxylic acids is 1. The average molecular weight is 202 g/mol. The van der Waals surface area contributed by atoms with Crippen LogP contribution in [-0.2, 0) is 4.74 Å². The Hall–Kier alpha value is -0.770. The van der Waals surface area contributed by atoms with Gasteiger partial charge in [-0.25, -0.2) is 4.79 Å². The lowest BCUT2D eigenvalue weighted by Gasteiger charge is -2.31. The highest BCUT2D eigenvalue weighted by Gasteiger charge is 2.20. The Morgan fingerprint density at radius 2 is 1.93 bits per heavy atom. The third-order valence-electron chi connectivity index (χ3n) is 2.33. The van der Waals surface area contributed by atoms with Crippen LogP contribution < -0.4 is 0 Å². The van der Waals surface area contributed by atoms with Crippen molar-refractivity contribution in [3.63, 3.8) is 0 Å². The summed E-state index contributed by atoms with van der Waals surface area (Å²) in [7, 11) is 3.46. The molecule has 0 aromatic heterocycles. The highest BCUT2D eigenvalue weighted by molar-refractivity contribution is 5.74. The third kappa shape index (κ3) is 3.54. The zero-order valence-electron chi connectivity index (χ0n) is 9.91. The molecule has 0 aliphatic rings. The average Bonchev–Trinajstić information content (AvgIpc) is 2.18. The number of hydrogen-bond acceptors (Lipinski definition) is 2. The first-order valence-electron chi connectivity index (χ1n) is 5.09. The van der Waals surface area contributed by atoms with E-state index in [2.05, 4.69) is 0 Å². The number of hydrogen-bond donors (Lipinski definition) is 0. The number of rotatable bonds is 5. The van der Waals surface area contributed by atoms with E-state index in [1.807, 2.05) is 32.7 Å². The second-order valence-corrected chi connectivity index (χ2v) is 3.39. The van der Waals surface area contributed by atoms with Gasteiger partial charge in [0.25, 0.3) is 0 Å². The summed E-state index contributed by atoms with van der Waals surface area (Å²) in [6.45, 7) is 7.97. The zero-order valence-corrected chi connectivity index (χ0v) is 9.91. The van der Waals surface area contributed by atoms with Gasteiger partial charge in [-0.2, -0.15) is 0 Å². The van der Waals surface area contributed by atoms with E-state index >= 15 is 0 Å². The number of methoxy groups -OCH3 is 1. The molecule has 1 unspecified atom stereocenters. The zero-order chi connectivity index (χ0) is 11.1. The van der Waals surface area contributed by atoms with Gasteiger partial charge in [-0.15, -0.1) is 0 Å². The van der Waals surface area contributed by atoms with Gasteiger partial charge in [0.15, 0.2) is 0 Å². The fraction of sp³-hybridized carbons (Fsp3) is 0.900. The van der Waals surface area contributed by atoms with Crippen LogP contribution >= 0.6 is 0 Å². The number of ether oxygens (including phenoxy) is 1. The highest BCUT2D eigenvalue weighted by atomic mass is 16.5. The Labute approximate surface area is 86.8 Å². The Morgan fingerprint density at radius 3 is 2.29 bits per heavy atom. The molecule has 84 valence electrons. The van der Waals surface area contributed by atoms with Gasteiger partial charge in [0.2, 0.25) is 0 Å². The molecule has 0 bridgehead atoms. The topological polar surface area (TPSA) is 32.8 Å². The van der Waals surface area contributed by atoms with Crippen LogP contribution in [0.3, 0.4) is 0 Å². The summed E-state index contributed by atoms with van der Waals surface area (Å²) >= 11 is 0. The van der Waals surface area contributed by atoms with Gasteiger partial charge >= 0.3 is 6.03 Å². The molecule has 0 saturated heterocycles. The smallest absolute Gasteiger partial charge is 0.320 e. The molecular formula is C10H22N2O2. The van der Waals surface area contributed by atoms with Crippen LogP contribution in [0.1, 0.15) is 20.8 Å². The SMILES string of the molecule is CCN(C)C(=O)N(CC)C(C)COC. The van der Waals surface area contributed by atoms with E-state index in [-0.39, 0.29) is 12.1 Å². The molecule has 0 aromatic rings. The normalized spacial score (nSPS) is 12.4. The highest BCUT2D eigenvalue weighted by Crippen LogP contribution is 2.03. The summed E-state index contributed by atoms with van der Waals surface area (Å²) in [5.74, 6) is 0. The fourth-order valence-corrected chi connectivity index (χ4v) is 1.32. The Kier molecular flexibility index (Phi) is 6.28. The molecule has 0 aromatic carbocycles. The van der Waals surface area contributed by atoms with Crippen molar-refractivity contribution >= 4 is 6.03 Å². The van der Waals surface area contributed by atoms with Gasteiger partial charge in [0, 0.05) is 27.2 Å². The lowest BCUT2D eigenvalue weighted by atomic mass is 10.3. The van der Waals surface area contributed by atoms with E-state index < -0.39 is 0 Å². The van der Waals surface area contributed by atoms with Crippen LogP contribution in [0.4, 0.5) is 4.79 Å². The van der Waals surface area contributed by atoms with E-state index in [1.54, 1.807) is 12.0 Å². The molecular weight excluding hydrogens is 180 g/mol. The summed E-state index contributed by atoms with van der Waals surface area (Å²) < 4.78 is 5.04. The van der Waals surface area contributed by atoms with Crippen LogP contribution in [0.15, 0.2) is 0 Å². The van der Waals surface area contributed by atoms with Gasteiger partial charge in [0.1, 0.15) is 0 Å². The van der Waals surface area contributed by atoms with Crippen molar-refractivity contribution in [1.29, 1.82) is 0 Å². The number of amides is 2. The van der Waals surface area contributed by atoms with Crippen molar-refractivity contribution in [3.05, 3.63) is 0 Å². The van der Waals surface area contributed by atoms with E-state index in [1.165, 1.54) is 0 Å². The van der Waals surface area contributed by atoms with Gasteiger partial charge in [-0.1, -0.05) is 0 Å². The molecule has 2 amide bonds. The standard InChI is InChI=1S/C10H22N2O2/c1-6-11(4)10(13)12(7-2)9(3)8-14-5/h9H,6-8H2,1-5H3. The first-order valence-corrected chi connectivity index (χ1v) is 5.09. The Morgan fingerprint density at radius 1 is 1.36 bits per heavy atom. The molecule has 1 atom stereocenters. The lowest BCUT2D eigenvalue weighted by molar-refractivity contribution is 0.100. The molecule has 0 radical (unpaired) electrons. The van der Waals surface area contributed by atoms with Crippen molar-refractivity contribution in [2.45, 2.75) is 26.8 Å². The second kappa shape index (κ2) is 6.65. The first-order chi connectivity index (χ1) is 6.58. The Bertz CT molecular complexity index is 174. The maximum atomic E-state index is 11.8. The minimum Gasteiger partial charge on any atom is -0.383 e. The predicted molar refractivity (Wildman–Crippen MR) is 57.4 cm³/mol. The third-order valence-corrected chi connectivity index (χ3v) is 2.33. The van der Waals surface area contributed by atoms with Gasteiger partial charge in [-0.3, -0.25) is 0 Å². The van der Waals surface area contributed by atoms with Crippen molar-refractivity contribution in [2.24, 2.45) is 0 Å². The van der Waals surface area contributed by atoms with Crippen molar-refractivity contribution in [1.82, 2.24) is 9.80 Å². The molecule has 0 fully saturated rings. The van der Waals surface area contributed by atoms with Crippen molar-refractivity contribution in [2.75, 3.05) is 33.9 Å². The van der Waals surface area contributed by atoms with Crippen molar-refractivity contribution < 1.29 is 9.53 Å². The second-order valence-electron chi connectivity index (χ2n) is 3.39. The van der Waals surface area contributed by atoms with E-state index in [0.29, 0.717) is 13.2 Å². The summed E-state index contributed by atoms with van der Waals surface area (Å²) in [4.78, 5) is 15.3. The van der Waals surface area contributed by atoms with Gasteiger partial charge in [0.05, 0.1) is 12.6 Å². The maximum absolute atomic E-state index is 11.8. The molecule has 0 rings (SSSR count). The maximum Gasteiger partial charge on any atom is 0.320 e. The largest absolute Gasteiger partial charge is 0.383 e. The van der Waals surface area contributed by atoms with Crippen LogP contribution in [0.5, 0.6) is 0 Å². The molecule has 4 heteroatoms. The fourth-order valence-electron chi connectivity index (χ4n) is 1.32. The molecule has 0 heterocycles. The molecule has 0 N–H and O–H groups in total. The summed E-state index contributed by atoms with van der Waals surface area (Å²) in [5.41, 5.74) is 0. The molecule has 0 aliphatic carbocycles. The lowest BCUT2D eigenvalue weighted by Crippen LogP contribution is -2.47. The predicted octanol–water partition coefficient (Wildman–Crippen LogP) is 1.41. The Balaban J connectivity index is 4.31. The van der Waals surface area contributed by atoms with E-state index in [4.69, 9.17) is 4.74 Å². The molecule has 4 nitrogen and oxygen atoms in total. The van der Waals surface area contributed by atoms with E-state index in [0.717, 1.165) is 6.54 Å². The minimum atomic E-state index is 0.0690. The van der Waals surface area contributed by atoms with Gasteiger partial charge in [-0.05, 0) is 20.8 Å². The number of nitrogens with zero attached hydrogens (tertiary/aromatic N) is 2. The monoisotopic (exact) mass is 202 g/mol. The number of carbonyl (C=O) groups is 1. The van der Waals surface area contributed by atoms with Gasteiger partial charge < -0.3 is 14.5 Å². The number of urea groups is 1. The summed E-state index contributed by atoms with van der Waals surface area (Å²) in [6.07, 6.45) is 0. The molecule has 0 spiro atoms. The van der Waals surface area contributed by atoms with E-state index in [9.17, 15) is 4.79 Å². The molecule has 14 heavy (non-hydrogen) atoms. The van der Waals surface area contributed by atoms with Crippen LogP contribution in [-0.4, -0.2) is 55.7 Å².